The minimum absolute atomic E-state index is 0.195. The van der Waals surface area contributed by atoms with E-state index in [1.807, 2.05) is 25.1 Å². The Morgan fingerprint density at radius 2 is 1.88 bits per heavy atom. The predicted molar refractivity (Wildman–Crippen MR) is 110 cm³/mol. The van der Waals surface area contributed by atoms with Gasteiger partial charge in [-0.25, -0.2) is 4.98 Å². The lowest BCUT2D eigenvalue weighted by Gasteiger charge is -2.22. The van der Waals surface area contributed by atoms with Crippen LogP contribution in [0.3, 0.4) is 0 Å². The third-order valence-electron chi connectivity index (χ3n) is 4.30. The number of hydrogen-bond acceptors (Lipinski definition) is 4. The predicted octanol–water partition coefficient (Wildman–Crippen LogP) is 4.56. The molecule has 1 aromatic heterocycles. The van der Waals surface area contributed by atoms with Gasteiger partial charge in [-0.15, -0.1) is 0 Å². The van der Waals surface area contributed by atoms with Crippen molar-refractivity contribution in [1.29, 1.82) is 0 Å². The van der Waals surface area contributed by atoms with Gasteiger partial charge in [0, 0.05) is 31.0 Å². The van der Waals surface area contributed by atoms with Gasteiger partial charge in [0.05, 0.1) is 11.9 Å². The third kappa shape index (κ3) is 5.22. The first-order valence-corrected chi connectivity index (χ1v) is 9.31. The molecule has 0 atom stereocenters. The molecule has 1 amide bonds. The van der Waals surface area contributed by atoms with Gasteiger partial charge < -0.3 is 15.5 Å². The molecule has 0 aliphatic rings. The molecule has 26 heavy (non-hydrogen) atoms. The maximum atomic E-state index is 12.5. The summed E-state index contributed by atoms with van der Waals surface area (Å²) in [5.74, 6) is 0.361. The Kier molecular flexibility index (Phi) is 7.01. The van der Waals surface area contributed by atoms with Crippen molar-refractivity contribution in [2.45, 2.75) is 34.6 Å². The van der Waals surface area contributed by atoms with E-state index in [0.29, 0.717) is 11.6 Å². The minimum Gasteiger partial charge on any atom is -0.384 e. The van der Waals surface area contributed by atoms with Crippen molar-refractivity contribution in [1.82, 2.24) is 4.98 Å². The van der Waals surface area contributed by atoms with Crippen LogP contribution < -0.4 is 15.5 Å². The third-order valence-corrected chi connectivity index (χ3v) is 4.30. The highest BCUT2D eigenvalue weighted by Crippen LogP contribution is 2.23. The van der Waals surface area contributed by atoms with E-state index >= 15 is 0 Å². The number of amides is 1. The van der Waals surface area contributed by atoms with E-state index in [1.165, 1.54) is 5.69 Å². The van der Waals surface area contributed by atoms with Gasteiger partial charge >= 0.3 is 0 Å². The largest absolute Gasteiger partial charge is 0.384 e. The fourth-order valence-corrected chi connectivity index (χ4v) is 2.71. The number of anilines is 3. The Balaban J connectivity index is 2.05. The Morgan fingerprint density at radius 1 is 1.15 bits per heavy atom. The van der Waals surface area contributed by atoms with Gasteiger partial charge in [0.15, 0.2) is 0 Å². The lowest BCUT2D eigenvalue weighted by atomic mass is 10.1. The molecule has 1 aromatic carbocycles. The van der Waals surface area contributed by atoms with Gasteiger partial charge in [-0.05, 0) is 62.6 Å². The summed E-state index contributed by atoms with van der Waals surface area (Å²) in [6.45, 7) is 13.4. The van der Waals surface area contributed by atoms with E-state index < -0.39 is 0 Å². The van der Waals surface area contributed by atoms with Crippen LogP contribution in [-0.2, 0) is 0 Å². The summed E-state index contributed by atoms with van der Waals surface area (Å²) in [6, 6.07) is 9.74. The quantitative estimate of drug-likeness (QED) is 0.730. The van der Waals surface area contributed by atoms with E-state index in [9.17, 15) is 4.79 Å². The molecule has 0 saturated carbocycles. The van der Waals surface area contributed by atoms with Gasteiger partial charge in [-0.1, -0.05) is 13.8 Å². The number of nitrogens with one attached hydrogen (secondary N) is 2. The van der Waals surface area contributed by atoms with Gasteiger partial charge in [0.2, 0.25) is 0 Å². The average Bonchev–Trinajstić information content (AvgIpc) is 2.63. The number of benzene rings is 1. The molecule has 5 heteroatoms. The Hall–Kier alpha value is -2.56. The molecule has 2 N–H and O–H groups in total. The molecule has 0 fully saturated rings. The lowest BCUT2D eigenvalue weighted by Crippen LogP contribution is -2.22. The molecule has 5 nitrogen and oxygen atoms in total. The normalized spacial score (nSPS) is 10.7. The summed E-state index contributed by atoms with van der Waals surface area (Å²) >= 11 is 0. The molecule has 2 aromatic rings. The standard InChI is InChI=1S/C21H30N4O/c1-6-25(7-2)18-9-11-19(16(5)12-18)24-21(26)20-10-8-17(14-23-20)22-13-15(3)4/h8-12,14-15,22H,6-7,13H2,1-5H3,(H,24,26). The summed E-state index contributed by atoms with van der Waals surface area (Å²) in [7, 11) is 0. The number of pyridine rings is 1. The first-order valence-electron chi connectivity index (χ1n) is 9.31. The van der Waals surface area contributed by atoms with Crippen molar-refractivity contribution in [3.8, 4) is 0 Å². The first kappa shape index (κ1) is 19.8. The van der Waals surface area contributed by atoms with E-state index in [0.717, 1.165) is 36.6 Å². The number of hydrogen-bond donors (Lipinski definition) is 2. The van der Waals surface area contributed by atoms with E-state index in [2.05, 4.69) is 54.3 Å². The molecule has 0 bridgehead atoms. The van der Waals surface area contributed by atoms with Crippen LogP contribution in [0.15, 0.2) is 36.5 Å². The molecule has 1 heterocycles. The van der Waals surface area contributed by atoms with Crippen LogP contribution in [-0.4, -0.2) is 30.5 Å². The second kappa shape index (κ2) is 9.22. The van der Waals surface area contributed by atoms with Crippen molar-refractivity contribution in [3.05, 3.63) is 47.8 Å². The minimum atomic E-state index is -0.195. The highest BCUT2D eigenvalue weighted by atomic mass is 16.1. The number of aromatic nitrogens is 1. The van der Waals surface area contributed by atoms with Gasteiger partial charge in [0.1, 0.15) is 5.69 Å². The van der Waals surface area contributed by atoms with Crippen LogP contribution in [0.5, 0.6) is 0 Å². The Morgan fingerprint density at radius 3 is 2.42 bits per heavy atom. The van der Waals surface area contributed by atoms with Crippen LogP contribution in [0, 0.1) is 12.8 Å². The van der Waals surface area contributed by atoms with Gasteiger partial charge in [-0.3, -0.25) is 4.79 Å². The fourth-order valence-electron chi connectivity index (χ4n) is 2.71. The van der Waals surface area contributed by atoms with Crippen molar-refractivity contribution in [2.75, 3.05) is 35.2 Å². The number of nitrogens with zero attached hydrogens (tertiary/aromatic N) is 2. The first-order chi connectivity index (χ1) is 12.4. The Labute approximate surface area is 156 Å². The van der Waals surface area contributed by atoms with Gasteiger partial charge in [0.25, 0.3) is 5.91 Å². The molecule has 0 aliphatic heterocycles. The topological polar surface area (TPSA) is 57.3 Å². The summed E-state index contributed by atoms with van der Waals surface area (Å²) < 4.78 is 0. The second-order valence-corrected chi connectivity index (χ2v) is 6.83. The maximum Gasteiger partial charge on any atom is 0.274 e. The highest BCUT2D eigenvalue weighted by molar-refractivity contribution is 6.03. The van der Waals surface area contributed by atoms with Crippen molar-refractivity contribution in [2.24, 2.45) is 5.92 Å². The van der Waals surface area contributed by atoms with Gasteiger partial charge in [-0.2, -0.15) is 0 Å². The lowest BCUT2D eigenvalue weighted by molar-refractivity contribution is 0.102. The molecule has 0 unspecified atom stereocenters. The molecular weight excluding hydrogens is 324 g/mol. The molecular formula is C21H30N4O. The van der Waals surface area contributed by atoms with Crippen LogP contribution in [0.25, 0.3) is 0 Å². The fraction of sp³-hybridized carbons (Fsp3) is 0.429. The number of rotatable bonds is 8. The summed E-state index contributed by atoms with van der Waals surface area (Å²) in [5.41, 5.74) is 4.36. The zero-order chi connectivity index (χ0) is 19.1. The maximum absolute atomic E-state index is 12.5. The zero-order valence-corrected chi connectivity index (χ0v) is 16.5. The Bertz CT molecular complexity index is 721. The number of carbonyl (C=O) groups excluding carboxylic acids is 1. The molecule has 0 saturated heterocycles. The smallest absolute Gasteiger partial charge is 0.274 e. The molecule has 0 spiro atoms. The van der Waals surface area contributed by atoms with Crippen LogP contribution >= 0.6 is 0 Å². The van der Waals surface area contributed by atoms with Crippen LogP contribution in [0.2, 0.25) is 0 Å². The molecule has 0 radical (unpaired) electrons. The summed E-state index contributed by atoms with van der Waals surface area (Å²) in [4.78, 5) is 19.0. The van der Waals surface area contributed by atoms with E-state index in [-0.39, 0.29) is 5.91 Å². The molecule has 0 aliphatic carbocycles. The monoisotopic (exact) mass is 354 g/mol. The van der Waals surface area contributed by atoms with Crippen LogP contribution in [0.4, 0.5) is 17.1 Å². The summed E-state index contributed by atoms with van der Waals surface area (Å²) in [5, 5.41) is 6.26. The van der Waals surface area contributed by atoms with E-state index in [4.69, 9.17) is 0 Å². The van der Waals surface area contributed by atoms with Crippen molar-refractivity contribution in [3.63, 3.8) is 0 Å². The molecule has 140 valence electrons. The molecule has 2 rings (SSSR count). The SMILES string of the molecule is CCN(CC)c1ccc(NC(=O)c2ccc(NCC(C)C)cn2)c(C)c1. The van der Waals surface area contributed by atoms with Crippen molar-refractivity contribution < 1.29 is 4.79 Å². The second-order valence-electron chi connectivity index (χ2n) is 6.83. The zero-order valence-electron chi connectivity index (χ0n) is 16.5. The number of aryl methyl sites for hydroxylation is 1. The van der Waals surface area contributed by atoms with Crippen molar-refractivity contribution >= 4 is 23.0 Å². The van der Waals surface area contributed by atoms with E-state index in [1.54, 1.807) is 12.3 Å². The number of carbonyl (C=O) groups is 1. The highest BCUT2D eigenvalue weighted by Gasteiger charge is 2.11. The van der Waals surface area contributed by atoms with Crippen LogP contribution in [0.1, 0.15) is 43.7 Å². The summed E-state index contributed by atoms with van der Waals surface area (Å²) in [6.07, 6.45) is 1.70. The average molecular weight is 354 g/mol.